The maximum Gasteiger partial charge on any atom is 0.190 e. The highest BCUT2D eigenvalue weighted by molar-refractivity contribution is 14.0. The molecule has 0 fully saturated rings. The van der Waals surface area contributed by atoms with Crippen LogP contribution in [-0.4, -0.2) is 35.9 Å². The van der Waals surface area contributed by atoms with Gasteiger partial charge in [0.25, 0.3) is 0 Å². The summed E-state index contributed by atoms with van der Waals surface area (Å²) in [6, 6.07) is 0. The molecule has 0 radical (unpaired) electrons. The molecule has 6 heteroatoms. The van der Waals surface area contributed by atoms with Gasteiger partial charge in [0, 0.05) is 33.4 Å². The molecule has 0 saturated heterocycles. The van der Waals surface area contributed by atoms with Crippen LogP contribution in [0.4, 0.5) is 0 Å². The highest BCUT2D eigenvalue weighted by Gasteiger charge is 1.99. The van der Waals surface area contributed by atoms with Gasteiger partial charge in [-0.05, 0) is 18.4 Å². The second kappa shape index (κ2) is 14.8. The predicted molar refractivity (Wildman–Crippen MR) is 110 cm³/mol. The summed E-state index contributed by atoms with van der Waals surface area (Å²) in [5, 5.41) is 10.9. The van der Waals surface area contributed by atoms with Crippen LogP contribution in [0.25, 0.3) is 0 Å². The molecule has 0 amide bonds. The van der Waals surface area contributed by atoms with Gasteiger partial charge >= 0.3 is 0 Å². The normalized spacial score (nSPS) is 11.2. The molecule has 0 aliphatic carbocycles. The van der Waals surface area contributed by atoms with E-state index < -0.39 is 0 Å². The van der Waals surface area contributed by atoms with Gasteiger partial charge in [-0.2, -0.15) is 5.10 Å². The van der Waals surface area contributed by atoms with Crippen LogP contribution in [0.3, 0.4) is 0 Å². The van der Waals surface area contributed by atoms with E-state index >= 15 is 0 Å². The van der Waals surface area contributed by atoms with Gasteiger partial charge in [0.15, 0.2) is 5.96 Å². The van der Waals surface area contributed by atoms with Crippen LogP contribution >= 0.6 is 24.0 Å². The quantitative estimate of drug-likeness (QED) is 0.242. The largest absolute Gasteiger partial charge is 0.356 e. The lowest BCUT2D eigenvalue weighted by molar-refractivity contribution is 0.584. The number of aromatic nitrogens is 2. The molecule has 5 nitrogen and oxygen atoms in total. The third-order valence-corrected chi connectivity index (χ3v) is 3.76. The van der Waals surface area contributed by atoms with E-state index in [1.807, 2.05) is 25.0 Å². The van der Waals surface area contributed by atoms with E-state index in [1.54, 1.807) is 0 Å². The summed E-state index contributed by atoms with van der Waals surface area (Å²) in [4.78, 5) is 4.26. The van der Waals surface area contributed by atoms with Crippen LogP contribution in [0.5, 0.6) is 0 Å². The fourth-order valence-corrected chi connectivity index (χ4v) is 2.44. The second-order valence-corrected chi connectivity index (χ2v) is 5.82. The number of aliphatic imine (C=N–C) groups is 1. The Morgan fingerprint density at radius 2 is 1.74 bits per heavy atom. The Labute approximate surface area is 158 Å². The topological polar surface area (TPSA) is 54.2 Å². The number of halogens is 1. The lowest BCUT2D eigenvalue weighted by Crippen LogP contribution is -2.38. The van der Waals surface area contributed by atoms with Crippen LogP contribution in [0.1, 0.15) is 57.4 Å². The summed E-state index contributed by atoms with van der Waals surface area (Å²) in [5.41, 5.74) is 1.25. The van der Waals surface area contributed by atoms with Crippen molar-refractivity contribution in [2.45, 2.75) is 58.3 Å². The number of unbranched alkanes of at least 4 members (excludes halogenated alkanes) is 6. The monoisotopic (exact) mass is 435 g/mol. The molecule has 0 bridgehead atoms. The number of aryl methyl sites for hydroxylation is 1. The van der Waals surface area contributed by atoms with E-state index in [9.17, 15) is 0 Å². The molecule has 23 heavy (non-hydrogen) atoms. The average molecular weight is 435 g/mol. The second-order valence-electron chi connectivity index (χ2n) is 5.82. The molecule has 0 saturated carbocycles. The molecule has 0 aromatic carbocycles. The van der Waals surface area contributed by atoms with Gasteiger partial charge < -0.3 is 10.6 Å². The van der Waals surface area contributed by atoms with Crippen molar-refractivity contribution in [3.63, 3.8) is 0 Å². The first kappa shape index (κ1) is 22.2. The minimum absolute atomic E-state index is 0. The SMILES string of the molecule is CCCCCCCCCNC(=NC)NCCc1cnn(C)c1.I. The number of rotatable bonds is 11. The maximum absolute atomic E-state index is 4.26. The highest BCUT2D eigenvalue weighted by atomic mass is 127. The van der Waals surface area contributed by atoms with Crippen LogP contribution < -0.4 is 10.6 Å². The van der Waals surface area contributed by atoms with Crippen molar-refractivity contribution in [1.82, 2.24) is 20.4 Å². The van der Waals surface area contributed by atoms with Gasteiger partial charge in [0.1, 0.15) is 0 Å². The van der Waals surface area contributed by atoms with Crippen LogP contribution in [0.2, 0.25) is 0 Å². The van der Waals surface area contributed by atoms with Crippen molar-refractivity contribution in [3.05, 3.63) is 18.0 Å². The Bertz CT molecular complexity index is 417. The smallest absolute Gasteiger partial charge is 0.190 e. The lowest BCUT2D eigenvalue weighted by Gasteiger charge is -2.11. The van der Waals surface area contributed by atoms with Crippen molar-refractivity contribution >= 4 is 29.9 Å². The van der Waals surface area contributed by atoms with Crippen LogP contribution in [0.15, 0.2) is 17.4 Å². The Hall–Kier alpha value is -0.790. The summed E-state index contributed by atoms with van der Waals surface area (Å²) in [7, 11) is 3.77. The number of guanidine groups is 1. The van der Waals surface area contributed by atoms with Crippen molar-refractivity contribution in [2.24, 2.45) is 12.0 Å². The fraction of sp³-hybridized carbons (Fsp3) is 0.765. The summed E-state index contributed by atoms with van der Waals surface area (Å²) in [6.45, 7) is 4.14. The van der Waals surface area contributed by atoms with E-state index in [2.05, 4.69) is 33.8 Å². The predicted octanol–water partition coefficient (Wildman–Crippen LogP) is 3.50. The minimum Gasteiger partial charge on any atom is -0.356 e. The van der Waals surface area contributed by atoms with Gasteiger partial charge in [-0.15, -0.1) is 24.0 Å². The minimum atomic E-state index is 0. The molecule has 1 aromatic rings. The Kier molecular flexibility index (Phi) is 14.3. The molecule has 0 atom stereocenters. The zero-order valence-electron chi connectivity index (χ0n) is 15.0. The summed E-state index contributed by atoms with van der Waals surface area (Å²) in [5.74, 6) is 0.898. The molecule has 134 valence electrons. The third-order valence-electron chi connectivity index (χ3n) is 3.76. The molecule has 0 unspecified atom stereocenters. The number of hydrogen-bond acceptors (Lipinski definition) is 2. The molecule has 0 spiro atoms. The van der Waals surface area contributed by atoms with Crippen LogP contribution in [0, 0.1) is 0 Å². The Morgan fingerprint density at radius 3 is 2.35 bits per heavy atom. The van der Waals surface area contributed by atoms with E-state index in [-0.39, 0.29) is 24.0 Å². The van der Waals surface area contributed by atoms with Gasteiger partial charge in [-0.3, -0.25) is 9.67 Å². The summed E-state index contributed by atoms with van der Waals surface area (Å²) < 4.78 is 1.84. The third kappa shape index (κ3) is 11.4. The number of hydrogen-bond donors (Lipinski definition) is 2. The average Bonchev–Trinajstić information content (AvgIpc) is 2.93. The van der Waals surface area contributed by atoms with Crippen molar-refractivity contribution in [2.75, 3.05) is 20.1 Å². The number of nitrogens with one attached hydrogen (secondary N) is 2. The summed E-state index contributed by atoms with van der Waals surface area (Å²) >= 11 is 0. The van der Waals surface area contributed by atoms with Crippen LogP contribution in [-0.2, 0) is 13.5 Å². The summed E-state index contributed by atoms with van der Waals surface area (Å²) in [6.07, 6.45) is 14.3. The molecular formula is C17H34IN5. The molecule has 1 rings (SSSR count). The number of nitrogens with zero attached hydrogens (tertiary/aromatic N) is 3. The van der Waals surface area contributed by atoms with E-state index in [0.717, 1.165) is 25.5 Å². The maximum atomic E-state index is 4.26. The van der Waals surface area contributed by atoms with Crippen molar-refractivity contribution < 1.29 is 0 Å². The first-order chi connectivity index (χ1) is 10.8. The zero-order valence-corrected chi connectivity index (χ0v) is 17.3. The van der Waals surface area contributed by atoms with Gasteiger partial charge in [0.05, 0.1) is 6.20 Å². The van der Waals surface area contributed by atoms with Gasteiger partial charge in [-0.25, -0.2) is 0 Å². The fourth-order valence-electron chi connectivity index (χ4n) is 2.44. The van der Waals surface area contributed by atoms with Crippen molar-refractivity contribution in [3.8, 4) is 0 Å². The highest BCUT2D eigenvalue weighted by Crippen LogP contribution is 2.06. The van der Waals surface area contributed by atoms with Gasteiger partial charge in [-0.1, -0.05) is 45.4 Å². The zero-order chi connectivity index (χ0) is 16.0. The Morgan fingerprint density at radius 1 is 1.09 bits per heavy atom. The first-order valence-electron chi connectivity index (χ1n) is 8.68. The lowest BCUT2D eigenvalue weighted by atomic mass is 10.1. The van der Waals surface area contributed by atoms with E-state index in [1.165, 1.54) is 50.5 Å². The first-order valence-corrected chi connectivity index (χ1v) is 8.68. The molecule has 1 heterocycles. The molecular weight excluding hydrogens is 401 g/mol. The standard InChI is InChI=1S/C17H33N5.HI/c1-4-5-6-7-8-9-10-12-19-17(18-2)20-13-11-16-14-21-22(3)15-16;/h14-15H,4-13H2,1-3H3,(H2,18,19,20);1H. The molecule has 1 aromatic heterocycles. The van der Waals surface area contributed by atoms with E-state index in [4.69, 9.17) is 0 Å². The molecule has 2 N–H and O–H groups in total. The van der Waals surface area contributed by atoms with Gasteiger partial charge in [0.2, 0.25) is 0 Å². The molecule has 0 aliphatic heterocycles. The van der Waals surface area contributed by atoms with Crippen molar-refractivity contribution in [1.29, 1.82) is 0 Å². The van der Waals surface area contributed by atoms with E-state index in [0.29, 0.717) is 0 Å². The molecule has 0 aliphatic rings. The Balaban J connectivity index is 0.00000484.